The molecule has 0 bridgehead atoms. The summed E-state index contributed by atoms with van der Waals surface area (Å²) in [7, 11) is 0. The van der Waals surface area contributed by atoms with E-state index in [4.69, 9.17) is 0 Å². The Labute approximate surface area is 291 Å². The highest BCUT2D eigenvalue weighted by Gasteiger charge is 2.47. The van der Waals surface area contributed by atoms with E-state index in [0.717, 1.165) is 22.4 Å². The number of amides is 3. The molecule has 270 valence electrons. The Morgan fingerprint density at radius 1 is 1.06 bits per heavy atom. The predicted octanol–water partition coefficient (Wildman–Crippen LogP) is 1.68. The maximum Gasteiger partial charge on any atom is 0.305 e. The summed E-state index contributed by atoms with van der Waals surface area (Å²) in [6.45, 7) is 7.11. The number of benzene rings is 2. The van der Waals surface area contributed by atoms with Gasteiger partial charge in [0.05, 0.1) is 18.5 Å². The number of aliphatic hydroxyl groups excluding tert-OH is 1. The number of anilines is 1. The Bertz CT molecular complexity index is 1590. The van der Waals surface area contributed by atoms with Gasteiger partial charge >= 0.3 is 11.9 Å². The molecule has 0 radical (unpaired) electrons. The number of nitrogens with zero attached hydrogens (tertiary/aromatic N) is 1. The van der Waals surface area contributed by atoms with Crippen LogP contribution in [-0.2, 0) is 41.6 Å². The van der Waals surface area contributed by atoms with Gasteiger partial charge in [0.15, 0.2) is 0 Å². The van der Waals surface area contributed by atoms with Crippen molar-refractivity contribution in [2.45, 2.75) is 102 Å². The summed E-state index contributed by atoms with van der Waals surface area (Å²) in [5.41, 5.74) is 2.64. The number of aliphatic hydroxyl groups is 1. The summed E-state index contributed by atoms with van der Waals surface area (Å²) in [5.74, 6) is -4.46. The van der Waals surface area contributed by atoms with E-state index >= 15 is 0 Å². The second-order valence-corrected chi connectivity index (χ2v) is 13.6. The van der Waals surface area contributed by atoms with Gasteiger partial charge in [-0.1, -0.05) is 55.8 Å². The minimum Gasteiger partial charge on any atom is -0.481 e. The van der Waals surface area contributed by atoms with Crippen molar-refractivity contribution in [3.63, 3.8) is 0 Å². The van der Waals surface area contributed by atoms with Crippen molar-refractivity contribution in [1.29, 1.82) is 0 Å². The molecule has 2 aliphatic rings. The highest BCUT2D eigenvalue weighted by Crippen LogP contribution is 2.36. The fourth-order valence-electron chi connectivity index (χ4n) is 6.54. The van der Waals surface area contributed by atoms with E-state index in [1.807, 2.05) is 43.3 Å². The van der Waals surface area contributed by atoms with Gasteiger partial charge in [-0.2, -0.15) is 0 Å². The van der Waals surface area contributed by atoms with Crippen LogP contribution in [0.5, 0.6) is 0 Å². The Morgan fingerprint density at radius 3 is 2.42 bits per heavy atom. The second kappa shape index (κ2) is 16.3. The van der Waals surface area contributed by atoms with Crippen LogP contribution in [0.1, 0.15) is 74.8 Å². The van der Waals surface area contributed by atoms with Crippen molar-refractivity contribution < 1.29 is 44.1 Å². The zero-order chi connectivity index (χ0) is 36.7. The smallest absolute Gasteiger partial charge is 0.305 e. The molecule has 3 amide bonds. The molecule has 14 heteroatoms. The van der Waals surface area contributed by atoms with Crippen molar-refractivity contribution in [1.82, 2.24) is 20.9 Å². The first kappa shape index (κ1) is 38.0. The quantitative estimate of drug-likeness (QED) is 0.0992. The van der Waals surface area contributed by atoms with Crippen LogP contribution in [0, 0.1) is 12.8 Å². The summed E-state index contributed by atoms with van der Waals surface area (Å²) in [6.07, 6.45) is -1.04. The van der Waals surface area contributed by atoms with Gasteiger partial charge < -0.3 is 41.0 Å². The van der Waals surface area contributed by atoms with Gasteiger partial charge in [0.25, 0.3) is 0 Å². The molecule has 0 aromatic heterocycles. The fourth-order valence-corrected chi connectivity index (χ4v) is 6.54. The van der Waals surface area contributed by atoms with Gasteiger partial charge in [0, 0.05) is 25.1 Å². The van der Waals surface area contributed by atoms with E-state index in [1.54, 1.807) is 26.8 Å². The molecule has 2 heterocycles. The highest BCUT2D eigenvalue weighted by atomic mass is 16.4. The normalized spacial score (nSPS) is 19.5. The minimum atomic E-state index is -1.57. The SMILES string of the molecule is Cc1ccc2c(c1)CCN(C(=O)[C@](C)(NC(=O)[C@H](CCCC(=O)O)NC(=O)C1Cc3ccccc3N1)C(C)C)[C@@H]2C(O)N[C@H](C=O)CC(=O)O. The Kier molecular flexibility index (Phi) is 12.4. The third-order valence-electron chi connectivity index (χ3n) is 9.66. The molecule has 7 N–H and O–H groups in total. The molecule has 0 fully saturated rings. The largest absolute Gasteiger partial charge is 0.481 e. The summed E-state index contributed by atoms with van der Waals surface area (Å²) >= 11 is 0. The zero-order valence-corrected chi connectivity index (χ0v) is 28.8. The van der Waals surface area contributed by atoms with Crippen molar-refractivity contribution in [2.24, 2.45) is 5.92 Å². The first-order chi connectivity index (χ1) is 23.6. The van der Waals surface area contributed by atoms with Gasteiger partial charge in [-0.15, -0.1) is 0 Å². The third kappa shape index (κ3) is 8.85. The van der Waals surface area contributed by atoms with Gasteiger partial charge in [-0.3, -0.25) is 29.3 Å². The van der Waals surface area contributed by atoms with Gasteiger partial charge in [-0.25, -0.2) is 0 Å². The molecule has 2 unspecified atom stereocenters. The summed E-state index contributed by atoms with van der Waals surface area (Å²) in [6, 6.07) is 8.93. The van der Waals surface area contributed by atoms with E-state index in [9.17, 15) is 44.1 Å². The molecule has 2 aromatic carbocycles. The standard InChI is InChI=1S/C36H47N5O9/c1-20(2)36(4,40-33(48)27(10-7-11-29(43)44)39-32(47)28-17-23-8-5-6-9-26(23)38-28)35(50)41-15-14-22-16-21(3)12-13-25(22)31(41)34(49)37-24(19-42)18-30(45)46/h5-6,8-9,12-13,16,19-20,24,27-28,31,34,37-38,49H,7,10-11,14-15,17-18H2,1-4H3,(H,39,47)(H,40,48)(H,43,44)(H,45,46)/t24-,27-,28?,31-,34?,36+/m0/s1. The van der Waals surface area contributed by atoms with Crippen LogP contribution in [0.4, 0.5) is 5.69 Å². The van der Waals surface area contributed by atoms with Crippen molar-refractivity contribution in [3.05, 3.63) is 64.7 Å². The maximum absolute atomic E-state index is 14.6. The average Bonchev–Trinajstić information content (AvgIpc) is 3.50. The molecule has 6 atom stereocenters. The minimum absolute atomic E-state index is 0.00423. The van der Waals surface area contributed by atoms with E-state index in [2.05, 4.69) is 21.3 Å². The second-order valence-electron chi connectivity index (χ2n) is 13.6. The lowest BCUT2D eigenvalue weighted by molar-refractivity contribution is -0.150. The molecule has 4 rings (SSSR count). The Hall–Kier alpha value is -4.82. The summed E-state index contributed by atoms with van der Waals surface area (Å²) in [5, 5.41) is 41.4. The first-order valence-corrected chi connectivity index (χ1v) is 16.8. The number of aryl methyl sites for hydroxylation is 1. The average molecular weight is 694 g/mol. The number of nitrogens with one attached hydrogen (secondary N) is 4. The molecule has 2 aromatic rings. The number of carboxylic acids is 2. The number of hydrogen-bond donors (Lipinski definition) is 7. The number of rotatable bonds is 16. The predicted molar refractivity (Wildman–Crippen MR) is 183 cm³/mol. The number of aliphatic carboxylic acids is 2. The van der Waals surface area contributed by atoms with Crippen LogP contribution in [0.15, 0.2) is 42.5 Å². The Morgan fingerprint density at radius 2 is 1.78 bits per heavy atom. The highest BCUT2D eigenvalue weighted by molar-refractivity contribution is 5.96. The van der Waals surface area contributed by atoms with Crippen molar-refractivity contribution in [3.8, 4) is 0 Å². The first-order valence-electron chi connectivity index (χ1n) is 16.8. The number of hydrogen-bond acceptors (Lipinski definition) is 9. The van der Waals surface area contributed by atoms with E-state index in [0.29, 0.717) is 24.7 Å². The van der Waals surface area contributed by atoms with E-state index in [1.165, 1.54) is 4.90 Å². The van der Waals surface area contributed by atoms with Crippen LogP contribution >= 0.6 is 0 Å². The molecule has 50 heavy (non-hydrogen) atoms. The fraction of sp³-hybridized carbons (Fsp3) is 0.500. The number of carbonyl (C=O) groups is 6. The molecular weight excluding hydrogens is 646 g/mol. The van der Waals surface area contributed by atoms with Gasteiger partial charge in [0.1, 0.15) is 30.1 Å². The van der Waals surface area contributed by atoms with Crippen LogP contribution in [-0.4, -0.2) is 92.6 Å². The molecular formula is C36H47N5O9. The van der Waals surface area contributed by atoms with Crippen LogP contribution in [0.2, 0.25) is 0 Å². The molecule has 0 spiro atoms. The van der Waals surface area contributed by atoms with E-state index in [-0.39, 0.29) is 25.8 Å². The summed E-state index contributed by atoms with van der Waals surface area (Å²) < 4.78 is 0. The lowest BCUT2D eigenvalue weighted by Gasteiger charge is -2.46. The van der Waals surface area contributed by atoms with Crippen molar-refractivity contribution in [2.75, 3.05) is 11.9 Å². The monoisotopic (exact) mass is 693 g/mol. The molecule has 0 aliphatic carbocycles. The third-order valence-corrected chi connectivity index (χ3v) is 9.66. The molecule has 0 saturated heterocycles. The lowest BCUT2D eigenvalue weighted by Crippen LogP contribution is -2.66. The van der Waals surface area contributed by atoms with Crippen molar-refractivity contribution >= 4 is 41.6 Å². The zero-order valence-electron chi connectivity index (χ0n) is 28.8. The Balaban J connectivity index is 1.60. The summed E-state index contributed by atoms with van der Waals surface area (Å²) in [4.78, 5) is 77.8. The van der Waals surface area contributed by atoms with Crippen LogP contribution in [0.25, 0.3) is 0 Å². The molecule has 0 saturated carbocycles. The van der Waals surface area contributed by atoms with Crippen LogP contribution in [0.3, 0.4) is 0 Å². The van der Waals surface area contributed by atoms with E-state index < -0.39 is 77.9 Å². The number of carboxylic acid groups (broad SMARTS) is 2. The number of carbonyl (C=O) groups excluding carboxylic acids is 4. The lowest BCUT2D eigenvalue weighted by atomic mass is 9.83. The maximum atomic E-state index is 14.6. The molecule has 14 nitrogen and oxygen atoms in total. The molecule has 2 aliphatic heterocycles. The van der Waals surface area contributed by atoms with Gasteiger partial charge in [-0.05, 0) is 61.8 Å². The number of aldehydes is 1. The topological polar surface area (TPSA) is 214 Å². The number of para-hydroxylation sites is 1. The van der Waals surface area contributed by atoms with Gasteiger partial charge in [0.2, 0.25) is 17.7 Å². The number of fused-ring (bicyclic) bond motifs is 2. The van der Waals surface area contributed by atoms with Crippen LogP contribution < -0.4 is 21.3 Å².